The van der Waals surface area contributed by atoms with E-state index in [2.05, 4.69) is 10.4 Å². The number of carbonyl (C=O) groups is 2. The van der Waals surface area contributed by atoms with Gasteiger partial charge < -0.3 is 11.1 Å². The number of aromatic nitrogens is 2. The van der Waals surface area contributed by atoms with Crippen LogP contribution >= 0.6 is 11.3 Å². The average Bonchev–Trinajstić information content (AvgIpc) is 3.13. The van der Waals surface area contributed by atoms with Gasteiger partial charge in [0.2, 0.25) is 5.91 Å². The molecule has 0 saturated carbocycles. The third-order valence-corrected chi connectivity index (χ3v) is 4.51. The zero-order valence-corrected chi connectivity index (χ0v) is 14.1. The summed E-state index contributed by atoms with van der Waals surface area (Å²) < 4.78 is 1.59. The largest absolute Gasteiger partial charge is 0.366 e. The lowest BCUT2D eigenvalue weighted by Gasteiger charge is -2.07. The van der Waals surface area contributed by atoms with E-state index >= 15 is 0 Å². The van der Waals surface area contributed by atoms with E-state index in [4.69, 9.17) is 5.73 Å². The number of anilines is 1. The van der Waals surface area contributed by atoms with Crippen molar-refractivity contribution in [3.05, 3.63) is 57.9 Å². The molecule has 3 N–H and O–H groups in total. The Hall–Kier alpha value is -2.93. The molecule has 0 spiro atoms. The van der Waals surface area contributed by atoms with E-state index in [0.29, 0.717) is 27.4 Å². The van der Waals surface area contributed by atoms with Crippen molar-refractivity contribution in [2.75, 3.05) is 5.32 Å². The number of carbonyl (C=O) groups excluding carboxylic acids is 2. The number of benzene rings is 1. The van der Waals surface area contributed by atoms with E-state index in [1.54, 1.807) is 42.2 Å². The summed E-state index contributed by atoms with van der Waals surface area (Å²) in [6.07, 6.45) is 1.75. The van der Waals surface area contributed by atoms with Gasteiger partial charge in [-0.15, -0.1) is 11.3 Å². The highest BCUT2D eigenvalue weighted by Crippen LogP contribution is 2.30. The highest BCUT2D eigenvalue weighted by Gasteiger charge is 2.18. The van der Waals surface area contributed by atoms with Crippen LogP contribution in [0.1, 0.15) is 24.9 Å². The lowest BCUT2D eigenvalue weighted by atomic mass is 10.0. The Bertz CT molecular complexity index is 926. The summed E-state index contributed by atoms with van der Waals surface area (Å²) in [5.74, 6) is -0.368. The van der Waals surface area contributed by atoms with Crippen LogP contribution in [0, 0.1) is 6.92 Å². The standard InChI is InChI=1S/C17H16N4O2S/c1-10-7-8-14(24-10)17(23)19-16-13(9-21(2)20-16)11-5-3-4-6-12(11)15(18)22/h3-9H,1-2H3,(H2,18,22)(H,19,20,23). The zero-order valence-electron chi connectivity index (χ0n) is 13.2. The molecular formula is C17H16N4O2S. The Labute approximate surface area is 142 Å². The van der Waals surface area contributed by atoms with Crippen molar-refractivity contribution in [1.82, 2.24) is 9.78 Å². The molecule has 2 heterocycles. The molecule has 0 aliphatic heterocycles. The summed E-state index contributed by atoms with van der Waals surface area (Å²) in [5.41, 5.74) is 7.12. The molecule has 122 valence electrons. The van der Waals surface area contributed by atoms with Crippen molar-refractivity contribution in [2.45, 2.75) is 6.92 Å². The van der Waals surface area contributed by atoms with Gasteiger partial charge in [0.1, 0.15) is 0 Å². The van der Waals surface area contributed by atoms with E-state index in [1.165, 1.54) is 11.3 Å². The van der Waals surface area contributed by atoms with Crippen LogP contribution in [0.4, 0.5) is 5.82 Å². The molecule has 2 aromatic heterocycles. The van der Waals surface area contributed by atoms with Crippen molar-refractivity contribution >= 4 is 29.0 Å². The van der Waals surface area contributed by atoms with Crippen molar-refractivity contribution in [3.63, 3.8) is 0 Å². The normalized spacial score (nSPS) is 10.6. The number of nitrogens with one attached hydrogen (secondary N) is 1. The van der Waals surface area contributed by atoms with Gasteiger partial charge in [-0.25, -0.2) is 0 Å². The first-order valence-electron chi connectivity index (χ1n) is 7.26. The first kappa shape index (κ1) is 15.9. The molecule has 3 aromatic rings. The molecular weight excluding hydrogens is 324 g/mol. The monoisotopic (exact) mass is 340 g/mol. The quantitative estimate of drug-likeness (QED) is 0.765. The summed E-state index contributed by atoms with van der Waals surface area (Å²) >= 11 is 1.41. The molecule has 3 rings (SSSR count). The van der Waals surface area contributed by atoms with Crippen molar-refractivity contribution in [1.29, 1.82) is 0 Å². The minimum absolute atomic E-state index is 0.232. The number of nitrogens with two attached hydrogens (primary N) is 1. The third-order valence-electron chi connectivity index (χ3n) is 3.51. The Morgan fingerprint density at radius 1 is 1.17 bits per heavy atom. The van der Waals surface area contributed by atoms with E-state index in [-0.39, 0.29) is 5.91 Å². The van der Waals surface area contributed by atoms with Gasteiger partial charge in [-0.2, -0.15) is 5.10 Å². The second-order valence-electron chi connectivity index (χ2n) is 5.34. The summed E-state index contributed by atoms with van der Waals surface area (Å²) in [6, 6.07) is 10.6. The number of nitrogens with zero attached hydrogens (tertiary/aromatic N) is 2. The number of amides is 2. The van der Waals surface area contributed by atoms with Gasteiger partial charge in [0.15, 0.2) is 5.82 Å². The number of aryl methyl sites for hydroxylation is 2. The van der Waals surface area contributed by atoms with Gasteiger partial charge in [0, 0.05) is 29.2 Å². The zero-order chi connectivity index (χ0) is 17.3. The minimum atomic E-state index is -0.527. The second-order valence-corrected chi connectivity index (χ2v) is 6.63. The fourth-order valence-corrected chi connectivity index (χ4v) is 3.20. The molecule has 0 aliphatic rings. The molecule has 7 heteroatoms. The summed E-state index contributed by atoms with van der Waals surface area (Å²) in [6.45, 7) is 1.94. The predicted octanol–water partition coefficient (Wildman–Crippen LogP) is 2.81. The maximum atomic E-state index is 12.4. The Morgan fingerprint density at radius 3 is 2.58 bits per heavy atom. The third kappa shape index (κ3) is 3.07. The minimum Gasteiger partial charge on any atom is -0.366 e. The fourth-order valence-electron chi connectivity index (χ4n) is 2.44. The second kappa shape index (κ2) is 6.29. The smallest absolute Gasteiger partial charge is 0.266 e. The first-order chi connectivity index (χ1) is 11.5. The van der Waals surface area contributed by atoms with E-state index in [0.717, 1.165) is 4.88 Å². The molecule has 0 atom stereocenters. The number of hydrogen-bond donors (Lipinski definition) is 2. The fraction of sp³-hybridized carbons (Fsp3) is 0.118. The molecule has 0 saturated heterocycles. The van der Waals surface area contributed by atoms with E-state index in [1.807, 2.05) is 19.1 Å². The SMILES string of the molecule is Cc1ccc(C(=O)Nc2nn(C)cc2-c2ccccc2C(N)=O)s1. The van der Waals surface area contributed by atoms with Crippen LogP contribution in [0.15, 0.2) is 42.6 Å². The number of hydrogen-bond acceptors (Lipinski definition) is 4. The van der Waals surface area contributed by atoms with Crippen LogP contribution in [0.2, 0.25) is 0 Å². The van der Waals surface area contributed by atoms with E-state index < -0.39 is 5.91 Å². The van der Waals surface area contributed by atoms with Crippen LogP contribution in [0.5, 0.6) is 0 Å². The van der Waals surface area contributed by atoms with Crippen molar-refractivity contribution in [2.24, 2.45) is 12.8 Å². The van der Waals surface area contributed by atoms with Gasteiger partial charge in [-0.1, -0.05) is 18.2 Å². The van der Waals surface area contributed by atoms with Crippen molar-refractivity contribution < 1.29 is 9.59 Å². The maximum Gasteiger partial charge on any atom is 0.266 e. The highest BCUT2D eigenvalue weighted by molar-refractivity contribution is 7.14. The van der Waals surface area contributed by atoms with Gasteiger partial charge in [-0.3, -0.25) is 14.3 Å². The lowest BCUT2D eigenvalue weighted by Crippen LogP contribution is -2.14. The number of thiophene rings is 1. The Kier molecular flexibility index (Phi) is 4.18. The summed E-state index contributed by atoms with van der Waals surface area (Å²) in [4.78, 5) is 25.7. The number of primary amides is 1. The molecule has 1 aromatic carbocycles. The molecule has 0 bridgehead atoms. The maximum absolute atomic E-state index is 12.4. The molecule has 0 radical (unpaired) electrons. The number of rotatable bonds is 4. The molecule has 0 fully saturated rings. The van der Waals surface area contributed by atoms with E-state index in [9.17, 15) is 9.59 Å². The topological polar surface area (TPSA) is 90.0 Å². The lowest BCUT2D eigenvalue weighted by molar-refractivity contribution is 0.0998. The Morgan fingerprint density at radius 2 is 1.92 bits per heavy atom. The van der Waals surface area contributed by atoms with Crippen LogP contribution in [-0.4, -0.2) is 21.6 Å². The first-order valence-corrected chi connectivity index (χ1v) is 8.08. The van der Waals surface area contributed by atoms with Crippen LogP contribution in [0.3, 0.4) is 0 Å². The molecule has 0 aliphatic carbocycles. The van der Waals surface area contributed by atoms with Crippen LogP contribution in [0.25, 0.3) is 11.1 Å². The average molecular weight is 340 g/mol. The summed E-state index contributed by atoms with van der Waals surface area (Å²) in [7, 11) is 1.75. The molecule has 6 nitrogen and oxygen atoms in total. The van der Waals surface area contributed by atoms with Gasteiger partial charge in [-0.05, 0) is 30.7 Å². The van der Waals surface area contributed by atoms with Crippen LogP contribution < -0.4 is 11.1 Å². The van der Waals surface area contributed by atoms with Crippen LogP contribution in [-0.2, 0) is 7.05 Å². The summed E-state index contributed by atoms with van der Waals surface area (Å²) in [5, 5.41) is 7.11. The Balaban J connectivity index is 2.00. The van der Waals surface area contributed by atoms with Gasteiger partial charge in [0.05, 0.1) is 4.88 Å². The molecule has 2 amide bonds. The predicted molar refractivity (Wildman–Crippen MR) is 94.2 cm³/mol. The van der Waals surface area contributed by atoms with Gasteiger partial charge >= 0.3 is 0 Å². The van der Waals surface area contributed by atoms with Gasteiger partial charge in [0.25, 0.3) is 5.91 Å². The van der Waals surface area contributed by atoms with Crippen molar-refractivity contribution in [3.8, 4) is 11.1 Å². The highest BCUT2D eigenvalue weighted by atomic mass is 32.1. The molecule has 24 heavy (non-hydrogen) atoms. The molecule has 0 unspecified atom stereocenters.